The van der Waals surface area contributed by atoms with Crippen LogP contribution in [0.25, 0.3) is 0 Å². The van der Waals surface area contributed by atoms with E-state index in [9.17, 15) is 19.5 Å². The molecule has 194 valence electrons. The van der Waals surface area contributed by atoms with E-state index >= 15 is 0 Å². The van der Waals surface area contributed by atoms with Crippen LogP contribution < -0.4 is 27.0 Å². The van der Waals surface area contributed by atoms with Gasteiger partial charge in [0.15, 0.2) is 5.71 Å². The van der Waals surface area contributed by atoms with Crippen molar-refractivity contribution in [2.75, 3.05) is 13.1 Å². The Morgan fingerprint density at radius 2 is 2.19 bits per heavy atom. The first kappa shape index (κ1) is 24.8. The maximum Gasteiger partial charge on any atom is 0.350 e. The lowest BCUT2D eigenvalue weighted by atomic mass is 9.98. The van der Waals surface area contributed by atoms with Crippen LogP contribution in [0.1, 0.15) is 18.5 Å². The van der Waals surface area contributed by atoms with Crippen molar-refractivity contribution in [3.63, 3.8) is 0 Å². The molecule has 1 aliphatic carbocycles. The Kier molecular flexibility index (Phi) is 6.82. The summed E-state index contributed by atoms with van der Waals surface area (Å²) in [5, 5.41) is 35.5. The zero-order chi connectivity index (χ0) is 25.4. The quantitative estimate of drug-likeness (QED) is 0.0666. The molecule has 3 unspecified atom stereocenters. The summed E-state index contributed by atoms with van der Waals surface area (Å²) < 4.78 is 1.21. The number of rotatable bonds is 11. The number of nitrogens with one attached hydrogen (secondary N) is 4. The summed E-state index contributed by atoms with van der Waals surface area (Å²) in [6, 6.07) is -1.02. The molecule has 4 aliphatic rings. The molecule has 1 aromatic heterocycles. The van der Waals surface area contributed by atoms with Crippen molar-refractivity contribution in [3.8, 4) is 0 Å². The molecule has 0 spiro atoms. The molecule has 3 atom stereocenters. The number of carboxylic acid groups (broad SMARTS) is 1. The molecule has 15 nitrogen and oxygen atoms in total. The molecule has 7 N–H and O–H groups in total. The van der Waals surface area contributed by atoms with Gasteiger partial charge in [-0.25, -0.2) is 4.79 Å². The summed E-state index contributed by atoms with van der Waals surface area (Å²) in [6.45, 7) is 2.61. The number of hydrogen-bond acceptors (Lipinski definition) is 13. The average molecular weight is 539 g/mol. The van der Waals surface area contributed by atoms with Gasteiger partial charge in [-0.3, -0.25) is 13.9 Å². The first-order valence-corrected chi connectivity index (χ1v) is 12.6. The Balaban J connectivity index is 1.24. The number of carbonyl (C=O) groups is 3. The number of nitrogens with two attached hydrogens (primary N) is 1. The van der Waals surface area contributed by atoms with E-state index in [1.807, 2.05) is 0 Å². The van der Waals surface area contributed by atoms with E-state index in [0.29, 0.717) is 12.6 Å². The van der Waals surface area contributed by atoms with Crippen molar-refractivity contribution >= 4 is 48.1 Å². The van der Waals surface area contributed by atoms with E-state index in [4.69, 9.17) is 10.6 Å². The molecular weight excluding hydrogens is 512 g/mol. The fourth-order valence-electron chi connectivity index (χ4n) is 3.72. The number of hydrogen-bond donors (Lipinski definition) is 7. The van der Waals surface area contributed by atoms with Crippen LogP contribution >= 0.6 is 24.6 Å². The minimum atomic E-state index is -1.44. The van der Waals surface area contributed by atoms with Crippen LogP contribution in [0.15, 0.2) is 22.5 Å². The van der Waals surface area contributed by atoms with Gasteiger partial charge in [0.2, 0.25) is 5.60 Å². The van der Waals surface area contributed by atoms with Crippen LogP contribution in [-0.2, 0) is 32.3 Å². The fraction of sp³-hybridized carbons (Fsp3) is 0.579. The van der Waals surface area contributed by atoms with Crippen molar-refractivity contribution in [2.45, 2.75) is 55.2 Å². The standard InChI is InChI=1S/C19H26N10O5S2/c20-18-24-11(8-36-18)13(27-34-19(1-2-19)17(32)33)15(30)25-14-12(29(35)16(14)31)7-28-23-6-10(26-28)5-22-9-3-21-4-9/h6,8-9,12,14,18,21-22,24,35H,1-5,7,20H2,(H,25,30)(H,32,33)/b27-13-. The number of oxime groups is 1. The van der Waals surface area contributed by atoms with Gasteiger partial charge in [-0.05, 0) is 0 Å². The van der Waals surface area contributed by atoms with Crippen LogP contribution in [0.3, 0.4) is 0 Å². The van der Waals surface area contributed by atoms with Gasteiger partial charge in [0.05, 0.1) is 30.2 Å². The predicted molar refractivity (Wildman–Crippen MR) is 130 cm³/mol. The number of aromatic nitrogens is 3. The maximum absolute atomic E-state index is 13.1. The zero-order valence-electron chi connectivity index (χ0n) is 19.0. The number of carboxylic acids is 1. The highest BCUT2D eigenvalue weighted by atomic mass is 32.2. The smallest absolute Gasteiger partial charge is 0.350 e. The molecule has 0 bridgehead atoms. The van der Waals surface area contributed by atoms with Gasteiger partial charge >= 0.3 is 5.97 Å². The Morgan fingerprint density at radius 1 is 1.42 bits per heavy atom. The molecule has 2 saturated heterocycles. The number of nitrogens with zero attached hydrogens (tertiary/aromatic N) is 5. The number of aliphatic carboxylic acids is 1. The largest absolute Gasteiger partial charge is 0.478 e. The lowest BCUT2D eigenvalue weighted by molar-refractivity contribution is -0.153. The third-order valence-electron chi connectivity index (χ3n) is 6.27. The van der Waals surface area contributed by atoms with Gasteiger partial charge in [-0.15, -0.1) is 0 Å². The van der Waals surface area contributed by atoms with Gasteiger partial charge in [0, 0.05) is 43.9 Å². The van der Waals surface area contributed by atoms with Crippen molar-refractivity contribution < 1.29 is 24.3 Å². The first-order chi connectivity index (χ1) is 17.3. The van der Waals surface area contributed by atoms with Crippen molar-refractivity contribution in [2.24, 2.45) is 10.9 Å². The monoisotopic (exact) mass is 538 g/mol. The Bertz CT molecular complexity index is 1120. The number of thiol groups is 1. The van der Waals surface area contributed by atoms with Gasteiger partial charge < -0.3 is 36.9 Å². The molecule has 4 heterocycles. The Hall–Kier alpha value is -2.86. The number of thioether (sulfide) groups is 1. The van der Waals surface area contributed by atoms with Crippen molar-refractivity contribution in [1.82, 2.24) is 40.6 Å². The van der Waals surface area contributed by atoms with E-state index in [0.717, 1.165) is 18.8 Å². The van der Waals surface area contributed by atoms with E-state index in [1.54, 1.807) is 11.6 Å². The summed E-state index contributed by atoms with van der Waals surface area (Å²) in [6.07, 6.45) is 2.21. The van der Waals surface area contributed by atoms with Gasteiger partial charge in [-0.1, -0.05) is 29.7 Å². The summed E-state index contributed by atoms with van der Waals surface area (Å²) in [7, 11) is 0. The lowest BCUT2D eigenvalue weighted by Crippen LogP contribution is -2.69. The molecule has 5 rings (SSSR count). The third kappa shape index (κ3) is 5.01. The van der Waals surface area contributed by atoms with E-state index in [2.05, 4.69) is 49.4 Å². The Morgan fingerprint density at radius 3 is 2.81 bits per heavy atom. The fourth-order valence-corrected chi connectivity index (χ4v) is 4.71. The van der Waals surface area contributed by atoms with E-state index in [-0.39, 0.29) is 30.8 Å². The molecule has 1 saturated carbocycles. The van der Waals surface area contributed by atoms with Crippen LogP contribution in [-0.4, -0.2) is 90.2 Å². The third-order valence-corrected chi connectivity index (χ3v) is 7.55. The SMILES string of the molecule is NC1NC(/C(=N/OC2(C(=O)O)CC2)C(=O)NC2C(=O)N(S)C2Cn2ncc(CNC3CNC3)n2)=CS1. The summed E-state index contributed by atoms with van der Waals surface area (Å²) >= 11 is 5.44. The lowest BCUT2D eigenvalue weighted by Gasteiger charge is -2.43. The van der Waals surface area contributed by atoms with Crippen molar-refractivity contribution in [1.29, 1.82) is 0 Å². The summed E-state index contributed by atoms with van der Waals surface area (Å²) in [5.41, 5.74) is 4.70. The number of β-lactam (4-membered cyclic amide) rings is 1. The average Bonchev–Trinajstić information content (AvgIpc) is 3.29. The topological polar surface area (TPSA) is 201 Å². The minimum Gasteiger partial charge on any atom is -0.478 e. The summed E-state index contributed by atoms with van der Waals surface area (Å²) in [5.74, 6) is -2.29. The molecule has 36 heavy (non-hydrogen) atoms. The van der Waals surface area contributed by atoms with Crippen LogP contribution in [0.2, 0.25) is 0 Å². The second-order valence-corrected chi connectivity index (χ2v) is 10.3. The van der Waals surface area contributed by atoms with E-state index in [1.165, 1.54) is 20.9 Å². The normalized spacial score (nSPS) is 27.0. The molecule has 3 fully saturated rings. The first-order valence-electron chi connectivity index (χ1n) is 11.3. The highest BCUT2D eigenvalue weighted by Gasteiger charge is 2.55. The highest BCUT2D eigenvalue weighted by molar-refractivity contribution is 8.02. The zero-order valence-corrected chi connectivity index (χ0v) is 20.7. The van der Waals surface area contributed by atoms with Gasteiger partial charge in [-0.2, -0.15) is 15.0 Å². The van der Waals surface area contributed by atoms with Crippen LogP contribution in [0.5, 0.6) is 0 Å². The summed E-state index contributed by atoms with van der Waals surface area (Å²) in [4.78, 5) is 43.8. The second kappa shape index (κ2) is 9.89. The molecule has 0 radical (unpaired) electrons. The molecular formula is C19H26N10O5S2. The minimum absolute atomic E-state index is 0.205. The number of amides is 2. The maximum atomic E-state index is 13.1. The molecule has 17 heteroatoms. The molecule has 2 amide bonds. The second-order valence-electron chi connectivity index (χ2n) is 8.89. The highest BCUT2D eigenvalue weighted by Crippen LogP contribution is 2.40. The predicted octanol–water partition coefficient (Wildman–Crippen LogP) is -2.71. The van der Waals surface area contributed by atoms with E-state index < -0.39 is 41.0 Å². The molecule has 1 aromatic rings. The molecule has 3 aliphatic heterocycles. The van der Waals surface area contributed by atoms with Crippen LogP contribution in [0.4, 0.5) is 0 Å². The number of carbonyl (C=O) groups excluding carboxylic acids is 2. The van der Waals surface area contributed by atoms with Crippen molar-refractivity contribution in [3.05, 3.63) is 23.0 Å². The Labute approximate surface area is 215 Å². The molecule has 0 aromatic carbocycles. The van der Waals surface area contributed by atoms with Gasteiger partial charge in [0.25, 0.3) is 11.8 Å². The van der Waals surface area contributed by atoms with Crippen LogP contribution in [0, 0.1) is 0 Å². The van der Waals surface area contributed by atoms with Gasteiger partial charge in [0.1, 0.15) is 11.5 Å².